The standard InChI is InChI=1S/C16H23NO3/c1-11(2)16(18)17-7-5-12-9-14(19-3)15(20-4)10-13(12)6-8-17/h9-11H,5-8H2,1-4H3. The van der Waals surface area contributed by atoms with E-state index in [4.69, 9.17) is 9.47 Å². The smallest absolute Gasteiger partial charge is 0.225 e. The van der Waals surface area contributed by atoms with Crippen LogP contribution in [0.2, 0.25) is 0 Å². The van der Waals surface area contributed by atoms with Gasteiger partial charge in [0.15, 0.2) is 11.5 Å². The van der Waals surface area contributed by atoms with Gasteiger partial charge in [-0.1, -0.05) is 13.8 Å². The van der Waals surface area contributed by atoms with Crippen LogP contribution in [0, 0.1) is 5.92 Å². The first kappa shape index (κ1) is 14.7. The van der Waals surface area contributed by atoms with E-state index in [1.807, 2.05) is 30.9 Å². The van der Waals surface area contributed by atoms with E-state index in [-0.39, 0.29) is 11.8 Å². The third kappa shape index (κ3) is 2.89. The molecule has 20 heavy (non-hydrogen) atoms. The number of methoxy groups -OCH3 is 2. The van der Waals surface area contributed by atoms with Crippen LogP contribution >= 0.6 is 0 Å². The summed E-state index contributed by atoms with van der Waals surface area (Å²) in [5, 5.41) is 0. The average Bonchev–Trinajstić information content (AvgIpc) is 2.66. The van der Waals surface area contributed by atoms with Gasteiger partial charge in [0.25, 0.3) is 0 Å². The van der Waals surface area contributed by atoms with Gasteiger partial charge in [-0.25, -0.2) is 0 Å². The molecular formula is C16H23NO3. The zero-order valence-corrected chi connectivity index (χ0v) is 12.7. The molecule has 1 aliphatic heterocycles. The van der Waals surface area contributed by atoms with Gasteiger partial charge in [0, 0.05) is 19.0 Å². The molecule has 1 aromatic carbocycles. The van der Waals surface area contributed by atoms with Crippen molar-refractivity contribution in [1.82, 2.24) is 4.90 Å². The van der Waals surface area contributed by atoms with E-state index in [9.17, 15) is 4.79 Å². The van der Waals surface area contributed by atoms with Gasteiger partial charge in [-0.2, -0.15) is 0 Å². The van der Waals surface area contributed by atoms with Crippen LogP contribution < -0.4 is 9.47 Å². The third-order valence-corrected chi connectivity index (χ3v) is 3.81. The molecule has 1 aromatic rings. The highest BCUT2D eigenvalue weighted by Crippen LogP contribution is 2.32. The number of carbonyl (C=O) groups excluding carboxylic acids is 1. The lowest BCUT2D eigenvalue weighted by Crippen LogP contribution is -2.36. The minimum absolute atomic E-state index is 0.0558. The fraction of sp³-hybridized carbons (Fsp3) is 0.562. The molecule has 0 saturated carbocycles. The molecule has 4 nitrogen and oxygen atoms in total. The molecule has 0 unspecified atom stereocenters. The molecule has 0 saturated heterocycles. The first-order chi connectivity index (χ1) is 9.56. The Kier molecular flexibility index (Phi) is 4.53. The molecule has 0 fully saturated rings. The fourth-order valence-electron chi connectivity index (χ4n) is 2.64. The van der Waals surface area contributed by atoms with Crippen molar-refractivity contribution in [3.8, 4) is 11.5 Å². The monoisotopic (exact) mass is 277 g/mol. The van der Waals surface area contributed by atoms with Gasteiger partial charge in [0.1, 0.15) is 0 Å². The van der Waals surface area contributed by atoms with Gasteiger partial charge >= 0.3 is 0 Å². The molecule has 2 rings (SSSR count). The SMILES string of the molecule is COc1cc2c(cc1OC)CCN(C(=O)C(C)C)CC2. The second-order valence-corrected chi connectivity index (χ2v) is 5.46. The summed E-state index contributed by atoms with van der Waals surface area (Å²) in [6, 6.07) is 4.08. The maximum absolute atomic E-state index is 12.1. The first-order valence-corrected chi connectivity index (χ1v) is 7.09. The summed E-state index contributed by atoms with van der Waals surface area (Å²) >= 11 is 0. The summed E-state index contributed by atoms with van der Waals surface area (Å²) in [6.07, 6.45) is 1.74. The van der Waals surface area contributed by atoms with Crippen molar-refractivity contribution in [2.75, 3.05) is 27.3 Å². The van der Waals surface area contributed by atoms with Crippen molar-refractivity contribution in [3.63, 3.8) is 0 Å². The fourth-order valence-corrected chi connectivity index (χ4v) is 2.64. The Hall–Kier alpha value is -1.71. The summed E-state index contributed by atoms with van der Waals surface area (Å²) in [6.45, 7) is 5.46. The maximum atomic E-state index is 12.1. The Morgan fingerprint density at radius 3 is 1.85 bits per heavy atom. The van der Waals surface area contributed by atoms with E-state index < -0.39 is 0 Å². The quantitative estimate of drug-likeness (QED) is 0.851. The van der Waals surface area contributed by atoms with Crippen LogP contribution in [0.5, 0.6) is 11.5 Å². The number of hydrogen-bond donors (Lipinski definition) is 0. The van der Waals surface area contributed by atoms with Crippen molar-refractivity contribution < 1.29 is 14.3 Å². The molecular weight excluding hydrogens is 254 g/mol. The van der Waals surface area contributed by atoms with Crippen LogP contribution in [-0.2, 0) is 17.6 Å². The second kappa shape index (κ2) is 6.16. The van der Waals surface area contributed by atoms with E-state index in [1.54, 1.807) is 14.2 Å². The number of rotatable bonds is 3. The Labute approximate surface area is 120 Å². The summed E-state index contributed by atoms with van der Waals surface area (Å²) in [5.74, 6) is 1.81. The minimum atomic E-state index is 0.0558. The maximum Gasteiger partial charge on any atom is 0.225 e. The number of amides is 1. The molecule has 0 aliphatic carbocycles. The van der Waals surface area contributed by atoms with Crippen molar-refractivity contribution in [3.05, 3.63) is 23.3 Å². The molecule has 1 heterocycles. The zero-order chi connectivity index (χ0) is 14.7. The lowest BCUT2D eigenvalue weighted by Gasteiger charge is -2.22. The van der Waals surface area contributed by atoms with Crippen LogP contribution in [0.3, 0.4) is 0 Å². The van der Waals surface area contributed by atoms with Crippen LogP contribution in [0.1, 0.15) is 25.0 Å². The Balaban J connectivity index is 2.23. The van der Waals surface area contributed by atoms with E-state index in [1.165, 1.54) is 11.1 Å². The van der Waals surface area contributed by atoms with Gasteiger partial charge in [-0.05, 0) is 36.1 Å². The highest BCUT2D eigenvalue weighted by molar-refractivity contribution is 5.78. The number of fused-ring (bicyclic) bond motifs is 1. The molecule has 0 bridgehead atoms. The summed E-state index contributed by atoms with van der Waals surface area (Å²) < 4.78 is 10.7. The van der Waals surface area contributed by atoms with Gasteiger partial charge in [0.05, 0.1) is 14.2 Å². The largest absolute Gasteiger partial charge is 0.493 e. The van der Waals surface area contributed by atoms with E-state index >= 15 is 0 Å². The van der Waals surface area contributed by atoms with Crippen LogP contribution in [0.15, 0.2) is 12.1 Å². The van der Waals surface area contributed by atoms with Gasteiger partial charge in [-0.15, -0.1) is 0 Å². The highest BCUT2D eigenvalue weighted by atomic mass is 16.5. The first-order valence-electron chi connectivity index (χ1n) is 7.09. The lowest BCUT2D eigenvalue weighted by atomic mass is 10.0. The summed E-state index contributed by atoms with van der Waals surface area (Å²) in [7, 11) is 3.30. The number of ether oxygens (including phenoxy) is 2. The van der Waals surface area contributed by atoms with Crippen LogP contribution in [0.25, 0.3) is 0 Å². The molecule has 0 aromatic heterocycles. The van der Waals surface area contributed by atoms with Crippen molar-refractivity contribution in [2.45, 2.75) is 26.7 Å². The molecule has 1 amide bonds. The predicted molar refractivity (Wildman–Crippen MR) is 78.4 cm³/mol. The lowest BCUT2D eigenvalue weighted by molar-refractivity contribution is -0.134. The zero-order valence-electron chi connectivity index (χ0n) is 12.7. The highest BCUT2D eigenvalue weighted by Gasteiger charge is 2.21. The Morgan fingerprint density at radius 1 is 1.05 bits per heavy atom. The van der Waals surface area contributed by atoms with E-state index in [0.717, 1.165) is 37.4 Å². The molecule has 0 spiro atoms. The van der Waals surface area contributed by atoms with E-state index in [2.05, 4.69) is 0 Å². The van der Waals surface area contributed by atoms with E-state index in [0.29, 0.717) is 0 Å². The van der Waals surface area contributed by atoms with Crippen LogP contribution in [0.4, 0.5) is 0 Å². The van der Waals surface area contributed by atoms with Gasteiger partial charge in [-0.3, -0.25) is 4.79 Å². The molecule has 4 heteroatoms. The summed E-state index contributed by atoms with van der Waals surface area (Å²) in [5.41, 5.74) is 2.50. The molecule has 1 aliphatic rings. The normalized spacial score (nSPS) is 14.8. The van der Waals surface area contributed by atoms with Gasteiger partial charge < -0.3 is 14.4 Å². The number of benzene rings is 1. The van der Waals surface area contributed by atoms with Gasteiger partial charge in [0.2, 0.25) is 5.91 Å². The number of nitrogens with zero attached hydrogens (tertiary/aromatic N) is 1. The molecule has 0 radical (unpaired) electrons. The molecule has 0 atom stereocenters. The number of carbonyl (C=O) groups is 1. The minimum Gasteiger partial charge on any atom is -0.493 e. The summed E-state index contributed by atoms with van der Waals surface area (Å²) in [4.78, 5) is 14.1. The molecule has 110 valence electrons. The topological polar surface area (TPSA) is 38.8 Å². The Morgan fingerprint density at radius 2 is 1.50 bits per heavy atom. The van der Waals surface area contributed by atoms with Crippen molar-refractivity contribution in [1.29, 1.82) is 0 Å². The Bertz CT molecular complexity index is 462. The predicted octanol–water partition coefficient (Wildman–Crippen LogP) is 2.29. The number of hydrogen-bond acceptors (Lipinski definition) is 3. The van der Waals surface area contributed by atoms with Crippen molar-refractivity contribution >= 4 is 5.91 Å². The third-order valence-electron chi connectivity index (χ3n) is 3.81. The second-order valence-electron chi connectivity index (χ2n) is 5.46. The van der Waals surface area contributed by atoms with Crippen molar-refractivity contribution in [2.24, 2.45) is 5.92 Å². The average molecular weight is 277 g/mol. The van der Waals surface area contributed by atoms with Crippen LogP contribution in [-0.4, -0.2) is 38.1 Å². The molecule has 0 N–H and O–H groups in total.